The lowest BCUT2D eigenvalue weighted by Crippen LogP contribution is -2.31. The van der Waals surface area contributed by atoms with E-state index >= 15 is 0 Å². The maximum Gasteiger partial charge on any atom is 0.272 e. The number of anilines is 1. The predicted molar refractivity (Wildman–Crippen MR) is 122 cm³/mol. The number of rotatable bonds is 5. The summed E-state index contributed by atoms with van der Waals surface area (Å²) >= 11 is 13.5. The van der Waals surface area contributed by atoms with Crippen LogP contribution in [-0.2, 0) is 15.3 Å². The molecule has 2 heterocycles. The van der Waals surface area contributed by atoms with Gasteiger partial charge in [0, 0.05) is 10.0 Å². The minimum atomic E-state index is -0.398. The molecule has 1 aliphatic heterocycles. The van der Waals surface area contributed by atoms with Crippen molar-refractivity contribution in [2.24, 2.45) is 0 Å². The summed E-state index contributed by atoms with van der Waals surface area (Å²) in [4.78, 5) is 28.4. The number of halogens is 2. The number of hydrogen-bond acceptors (Lipinski definition) is 4. The molecule has 4 nitrogen and oxygen atoms in total. The molecule has 0 bridgehead atoms. The van der Waals surface area contributed by atoms with Crippen LogP contribution in [0.1, 0.15) is 22.5 Å². The molecule has 0 aliphatic carbocycles. The third-order valence-electron chi connectivity index (χ3n) is 4.74. The number of hydrogen-bond donors (Lipinski definition) is 0. The van der Waals surface area contributed by atoms with Crippen LogP contribution < -0.4 is 4.90 Å². The highest BCUT2D eigenvalue weighted by molar-refractivity contribution is 8.03. The topological polar surface area (TPSA) is 50.5 Å². The van der Waals surface area contributed by atoms with Crippen LogP contribution in [0, 0.1) is 13.8 Å². The quantitative estimate of drug-likeness (QED) is 0.414. The first kappa shape index (κ1) is 20.8. The van der Waals surface area contributed by atoms with Gasteiger partial charge >= 0.3 is 0 Å². The average Bonchev–Trinajstić information content (AvgIpc) is 3.26. The summed E-state index contributed by atoms with van der Waals surface area (Å²) in [5.74, 6) is 0.356. The zero-order chi connectivity index (χ0) is 21.4. The van der Waals surface area contributed by atoms with Gasteiger partial charge in [-0.2, -0.15) is 0 Å². The van der Waals surface area contributed by atoms with E-state index < -0.39 is 11.8 Å². The monoisotopic (exact) mass is 457 g/mol. The maximum atomic E-state index is 13.5. The lowest BCUT2D eigenvalue weighted by atomic mass is 9.99. The smallest absolute Gasteiger partial charge is 0.272 e. The van der Waals surface area contributed by atoms with Gasteiger partial charge in [0.1, 0.15) is 5.76 Å². The SMILES string of the molecule is Cc1ccc(C2=C(SCc3ccco3)C(=O)N(c3cc(Cl)cc(Cl)c3)C2=O)c(C)c1. The third kappa shape index (κ3) is 3.93. The van der Waals surface area contributed by atoms with Crippen LogP contribution in [0.4, 0.5) is 5.69 Å². The molecule has 0 atom stereocenters. The van der Waals surface area contributed by atoms with Crippen LogP contribution in [0.3, 0.4) is 0 Å². The van der Waals surface area contributed by atoms with Crippen LogP contribution in [0.25, 0.3) is 5.57 Å². The molecule has 2 aromatic carbocycles. The fourth-order valence-corrected chi connectivity index (χ4v) is 4.94. The number of aryl methyl sites for hydroxylation is 2. The molecule has 152 valence electrons. The molecule has 0 saturated carbocycles. The Labute approximate surface area is 188 Å². The standard InChI is InChI=1S/C23H17Cl2NO3S/c1-13-5-6-19(14(2)8-13)20-21(30-12-18-4-3-7-29-18)23(28)26(22(20)27)17-10-15(24)9-16(25)11-17/h3-11H,12H2,1-2H3. The van der Waals surface area contributed by atoms with Gasteiger partial charge < -0.3 is 4.42 Å². The van der Waals surface area contributed by atoms with Crippen molar-refractivity contribution in [3.8, 4) is 0 Å². The average molecular weight is 458 g/mol. The van der Waals surface area contributed by atoms with E-state index in [9.17, 15) is 9.59 Å². The molecule has 0 fully saturated rings. The van der Waals surface area contributed by atoms with E-state index in [1.807, 2.05) is 38.1 Å². The first-order chi connectivity index (χ1) is 14.3. The molecule has 0 N–H and O–H groups in total. The van der Waals surface area contributed by atoms with Crippen LogP contribution in [0.2, 0.25) is 10.0 Å². The summed E-state index contributed by atoms with van der Waals surface area (Å²) in [6.07, 6.45) is 1.58. The summed E-state index contributed by atoms with van der Waals surface area (Å²) in [6.45, 7) is 3.92. The van der Waals surface area contributed by atoms with E-state index in [-0.39, 0.29) is 0 Å². The second kappa shape index (κ2) is 8.34. The van der Waals surface area contributed by atoms with E-state index in [0.29, 0.717) is 32.0 Å². The normalized spacial score (nSPS) is 14.2. The zero-order valence-corrected chi connectivity index (χ0v) is 18.6. The number of benzene rings is 2. The van der Waals surface area contributed by atoms with Crippen molar-refractivity contribution in [3.05, 3.63) is 92.2 Å². The van der Waals surface area contributed by atoms with Crippen LogP contribution in [0.5, 0.6) is 0 Å². The number of thioether (sulfide) groups is 1. The second-order valence-corrected chi connectivity index (χ2v) is 8.82. The zero-order valence-electron chi connectivity index (χ0n) is 16.2. The van der Waals surface area contributed by atoms with Gasteiger partial charge in [-0.15, -0.1) is 11.8 Å². The van der Waals surface area contributed by atoms with Crippen molar-refractivity contribution < 1.29 is 14.0 Å². The molecule has 0 unspecified atom stereocenters. The Bertz CT molecular complexity index is 1160. The van der Waals surface area contributed by atoms with Crippen LogP contribution in [-0.4, -0.2) is 11.8 Å². The molecule has 1 aliphatic rings. The highest BCUT2D eigenvalue weighted by Gasteiger charge is 2.41. The summed E-state index contributed by atoms with van der Waals surface area (Å²) in [5, 5.41) is 0.700. The second-order valence-electron chi connectivity index (χ2n) is 6.96. The lowest BCUT2D eigenvalue weighted by Gasteiger charge is -2.16. The van der Waals surface area contributed by atoms with Gasteiger partial charge in [-0.1, -0.05) is 47.0 Å². The van der Waals surface area contributed by atoms with Crippen molar-refractivity contribution in [1.29, 1.82) is 0 Å². The highest BCUT2D eigenvalue weighted by Crippen LogP contribution is 2.41. The van der Waals surface area contributed by atoms with E-state index in [1.165, 1.54) is 11.8 Å². The van der Waals surface area contributed by atoms with Gasteiger partial charge in [0.15, 0.2) is 0 Å². The fourth-order valence-electron chi connectivity index (χ4n) is 3.42. The van der Waals surface area contributed by atoms with E-state index in [2.05, 4.69) is 0 Å². The van der Waals surface area contributed by atoms with Gasteiger partial charge in [-0.05, 0) is 55.3 Å². The molecule has 0 spiro atoms. The van der Waals surface area contributed by atoms with Crippen LogP contribution in [0.15, 0.2) is 64.1 Å². The van der Waals surface area contributed by atoms with E-state index in [0.717, 1.165) is 27.4 Å². The predicted octanol–water partition coefficient (Wildman–Crippen LogP) is 6.42. The molecular formula is C23H17Cl2NO3S. The van der Waals surface area contributed by atoms with Gasteiger partial charge in [0.25, 0.3) is 11.8 Å². The summed E-state index contributed by atoms with van der Waals surface area (Å²) in [5.41, 5.74) is 3.46. The number of furan rings is 1. The van der Waals surface area contributed by atoms with Gasteiger partial charge in [0.05, 0.1) is 28.2 Å². The molecule has 0 saturated heterocycles. The first-order valence-electron chi connectivity index (χ1n) is 9.17. The summed E-state index contributed by atoms with van der Waals surface area (Å²) < 4.78 is 5.39. The van der Waals surface area contributed by atoms with Crippen molar-refractivity contribution in [1.82, 2.24) is 0 Å². The van der Waals surface area contributed by atoms with E-state index in [1.54, 1.807) is 30.5 Å². The largest absolute Gasteiger partial charge is 0.468 e. The third-order valence-corrected chi connectivity index (χ3v) is 6.27. The Morgan fingerprint density at radius 2 is 1.70 bits per heavy atom. The van der Waals surface area contributed by atoms with Gasteiger partial charge in [-0.3, -0.25) is 9.59 Å². The van der Waals surface area contributed by atoms with Crippen molar-refractivity contribution in [2.45, 2.75) is 19.6 Å². The van der Waals surface area contributed by atoms with Crippen molar-refractivity contribution in [3.63, 3.8) is 0 Å². The number of amides is 2. The van der Waals surface area contributed by atoms with E-state index in [4.69, 9.17) is 27.6 Å². The maximum absolute atomic E-state index is 13.5. The molecule has 30 heavy (non-hydrogen) atoms. The number of carbonyl (C=O) groups is 2. The minimum Gasteiger partial charge on any atom is -0.468 e. The fraction of sp³-hybridized carbons (Fsp3) is 0.130. The number of imide groups is 1. The lowest BCUT2D eigenvalue weighted by molar-refractivity contribution is -0.119. The first-order valence-corrected chi connectivity index (χ1v) is 10.9. The van der Waals surface area contributed by atoms with Gasteiger partial charge in [0.2, 0.25) is 0 Å². The Balaban J connectivity index is 1.81. The van der Waals surface area contributed by atoms with Crippen molar-refractivity contribution in [2.75, 3.05) is 4.90 Å². The minimum absolute atomic E-state index is 0.346. The Morgan fingerprint density at radius 3 is 2.33 bits per heavy atom. The molecule has 0 radical (unpaired) electrons. The Hall–Kier alpha value is -2.47. The molecule has 3 aromatic rings. The molecule has 7 heteroatoms. The van der Waals surface area contributed by atoms with Crippen LogP contribution >= 0.6 is 35.0 Å². The number of carbonyl (C=O) groups excluding carboxylic acids is 2. The molecule has 1 aromatic heterocycles. The summed E-state index contributed by atoms with van der Waals surface area (Å²) in [7, 11) is 0. The van der Waals surface area contributed by atoms with Gasteiger partial charge in [-0.25, -0.2) is 4.90 Å². The Morgan fingerprint density at radius 1 is 0.967 bits per heavy atom. The summed E-state index contributed by atoms with van der Waals surface area (Å²) in [6, 6.07) is 14.1. The molecule has 4 rings (SSSR count). The van der Waals surface area contributed by atoms with Crippen molar-refractivity contribution >= 4 is 58.0 Å². The Kier molecular flexibility index (Phi) is 5.78. The highest BCUT2D eigenvalue weighted by atomic mass is 35.5. The molecule has 2 amide bonds. The number of nitrogens with zero attached hydrogens (tertiary/aromatic N) is 1. The molecular weight excluding hydrogens is 441 g/mol.